The van der Waals surface area contributed by atoms with E-state index in [1.54, 1.807) is 18.3 Å². The molecule has 4 N–H and O–H groups in total. The Balaban J connectivity index is 0.00000274. The molecule has 1 aliphatic heterocycles. The summed E-state index contributed by atoms with van der Waals surface area (Å²) in [6, 6.07) is 11.4. The Bertz CT molecular complexity index is 1310. The largest absolute Gasteiger partial charge is 0.383 e. The van der Waals surface area contributed by atoms with Crippen LogP contribution in [0.4, 0.5) is 11.6 Å². The molecule has 10 heteroatoms. The van der Waals surface area contributed by atoms with Crippen LogP contribution in [0.2, 0.25) is 0 Å². The van der Waals surface area contributed by atoms with Crippen molar-refractivity contribution in [3.63, 3.8) is 0 Å². The number of carbonyl (C=O) groups is 1. The van der Waals surface area contributed by atoms with Gasteiger partial charge in [-0.25, -0.2) is 19.6 Å². The average molecular weight is 479 g/mol. The van der Waals surface area contributed by atoms with Gasteiger partial charge in [-0.15, -0.1) is 12.4 Å². The third-order valence-electron chi connectivity index (χ3n) is 6.01. The number of amides is 1. The Kier molecular flexibility index (Phi) is 6.76. The zero-order valence-corrected chi connectivity index (χ0v) is 19.8. The zero-order valence-electron chi connectivity index (χ0n) is 19.0. The molecule has 0 radical (unpaired) electrons. The van der Waals surface area contributed by atoms with Crippen molar-refractivity contribution in [3.05, 3.63) is 60.0 Å². The van der Waals surface area contributed by atoms with Crippen LogP contribution in [0.3, 0.4) is 0 Å². The Morgan fingerprint density at radius 3 is 2.68 bits per heavy atom. The Morgan fingerprint density at radius 2 is 1.97 bits per heavy atom. The maximum absolute atomic E-state index is 12.8. The molecule has 34 heavy (non-hydrogen) atoms. The maximum atomic E-state index is 12.8. The lowest BCUT2D eigenvalue weighted by molar-refractivity contribution is 0.102. The van der Waals surface area contributed by atoms with Gasteiger partial charge in [-0.2, -0.15) is 5.10 Å². The summed E-state index contributed by atoms with van der Waals surface area (Å²) < 4.78 is 1.94. The lowest BCUT2D eigenvalue weighted by Gasteiger charge is -2.09. The molecule has 1 aliphatic rings. The van der Waals surface area contributed by atoms with Crippen molar-refractivity contribution in [1.29, 1.82) is 0 Å². The van der Waals surface area contributed by atoms with Crippen LogP contribution in [0.15, 0.2) is 48.9 Å². The fraction of sp³-hybridized carbons (Fsp3) is 0.292. The fourth-order valence-corrected chi connectivity index (χ4v) is 4.14. The number of pyridine rings is 1. The molecule has 1 fully saturated rings. The Morgan fingerprint density at radius 1 is 1.18 bits per heavy atom. The molecule has 0 spiro atoms. The van der Waals surface area contributed by atoms with E-state index in [2.05, 4.69) is 39.4 Å². The van der Waals surface area contributed by atoms with Gasteiger partial charge < -0.3 is 16.4 Å². The van der Waals surface area contributed by atoms with Crippen molar-refractivity contribution in [2.45, 2.75) is 32.2 Å². The molecule has 0 bridgehead atoms. The van der Waals surface area contributed by atoms with Gasteiger partial charge in [-0.05, 0) is 48.7 Å². The second-order valence-electron chi connectivity index (χ2n) is 8.56. The molecule has 1 aromatic carbocycles. The van der Waals surface area contributed by atoms with Crippen LogP contribution in [0.25, 0.3) is 22.3 Å². The second kappa shape index (κ2) is 9.74. The molecular weight excluding hydrogens is 452 g/mol. The summed E-state index contributed by atoms with van der Waals surface area (Å²) in [6.07, 6.45) is 4.16. The first-order valence-corrected chi connectivity index (χ1v) is 11.1. The number of nitrogens with zero attached hydrogens (tertiary/aromatic N) is 5. The number of aromatic nitrogens is 5. The van der Waals surface area contributed by atoms with E-state index in [4.69, 9.17) is 10.8 Å². The van der Waals surface area contributed by atoms with Gasteiger partial charge in [0.2, 0.25) is 0 Å². The van der Waals surface area contributed by atoms with Crippen LogP contribution in [0.5, 0.6) is 0 Å². The van der Waals surface area contributed by atoms with E-state index in [0.29, 0.717) is 28.8 Å². The predicted octanol–water partition coefficient (Wildman–Crippen LogP) is 3.80. The molecule has 4 aromatic rings. The minimum atomic E-state index is -0.217. The molecule has 176 valence electrons. The number of benzene rings is 1. The minimum Gasteiger partial charge on any atom is -0.383 e. The molecule has 9 nitrogen and oxygen atoms in total. The van der Waals surface area contributed by atoms with E-state index >= 15 is 0 Å². The van der Waals surface area contributed by atoms with Crippen molar-refractivity contribution in [2.24, 2.45) is 0 Å². The van der Waals surface area contributed by atoms with Gasteiger partial charge >= 0.3 is 0 Å². The molecule has 3 aromatic heterocycles. The highest BCUT2D eigenvalue weighted by molar-refractivity contribution is 6.04. The van der Waals surface area contributed by atoms with E-state index in [1.807, 2.05) is 28.9 Å². The SMILES string of the molecule is CC(C)c1ccnc(NC(=O)c2ccc(-c3nn(C4CCNC4)c4ncnc(N)c34)cc2)c1.Cl. The van der Waals surface area contributed by atoms with Crippen LogP contribution in [-0.2, 0) is 0 Å². The van der Waals surface area contributed by atoms with Gasteiger partial charge in [0.1, 0.15) is 23.7 Å². The summed E-state index contributed by atoms with van der Waals surface area (Å²) in [6.45, 7) is 5.99. The summed E-state index contributed by atoms with van der Waals surface area (Å²) in [5, 5.41) is 11.8. The lowest BCUT2D eigenvalue weighted by atomic mass is 10.0. The molecule has 1 atom stereocenters. The van der Waals surface area contributed by atoms with Crippen LogP contribution >= 0.6 is 12.4 Å². The highest BCUT2D eigenvalue weighted by Gasteiger charge is 2.24. The summed E-state index contributed by atoms with van der Waals surface area (Å²) in [5.41, 5.74) is 10.2. The summed E-state index contributed by atoms with van der Waals surface area (Å²) >= 11 is 0. The third-order valence-corrected chi connectivity index (χ3v) is 6.01. The third kappa shape index (κ3) is 4.44. The number of nitrogen functional groups attached to an aromatic ring is 1. The quantitative estimate of drug-likeness (QED) is 0.398. The van der Waals surface area contributed by atoms with E-state index in [9.17, 15) is 4.79 Å². The van der Waals surface area contributed by atoms with Gasteiger partial charge in [0.05, 0.1) is 11.4 Å². The van der Waals surface area contributed by atoms with E-state index in [1.165, 1.54) is 6.33 Å². The molecule has 1 unspecified atom stereocenters. The summed E-state index contributed by atoms with van der Waals surface area (Å²) in [5.74, 6) is 1.07. The highest BCUT2D eigenvalue weighted by Crippen LogP contribution is 2.32. The van der Waals surface area contributed by atoms with Gasteiger partial charge in [-0.3, -0.25) is 4.79 Å². The van der Waals surface area contributed by atoms with Crippen LogP contribution in [-0.4, -0.2) is 43.7 Å². The normalized spacial score (nSPS) is 15.4. The number of carbonyl (C=O) groups excluding carboxylic acids is 1. The monoisotopic (exact) mass is 478 g/mol. The molecule has 0 saturated carbocycles. The van der Waals surface area contributed by atoms with Gasteiger partial charge in [0.15, 0.2) is 5.65 Å². The predicted molar refractivity (Wildman–Crippen MR) is 135 cm³/mol. The second-order valence-corrected chi connectivity index (χ2v) is 8.56. The summed E-state index contributed by atoms with van der Waals surface area (Å²) in [4.78, 5) is 25.7. The minimum absolute atomic E-state index is 0. The highest BCUT2D eigenvalue weighted by atomic mass is 35.5. The molecule has 4 heterocycles. The molecule has 0 aliphatic carbocycles. The number of anilines is 2. The van der Waals surface area contributed by atoms with E-state index < -0.39 is 0 Å². The summed E-state index contributed by atoms with van der Waals surface area (Å²) in [7, 11) is 0. The number of nitrogens with two attached hydrogens (primary N) is 1. The standard InChI is InChI=1S/C24H26N8O.ClH/c1-14(2)17-7-10-27-19(11-17)30-24(33)16-5-3-15(4-6-16)21-20-22(25)28-13-29-23(20)32(31-21)18-8-9-26-12-18;/h3-7,10-11,13-14,18,26H,8-9,12H2,1-2H3,(H2,25,28,29)(H,27,30,33);1H. The maximum Gasteiger partial charge on any atom is 0.256 e. The van der Waals surface area contributed by atoms with Crippen LogP contribution in [0.1, 0.15) is 48.1 Å². The number of halogens is 1. The zero-order chi connectivity index (χ0) is 22.9. The average Bonchev–Trinajstić information content (AvgIpc) is 3.48. The number of nitrogens with one attached hydrogen (secondary N) is 2. The number of hydrogen-bond donors (Lipinski definition) is 3. The van der Waals surface area contributed by atoms with Gasteiger partial charge in [0, 0.05) is 23.9 Å². The topological polar surface area (TPSA) is 124 Å². The first kappa shape index (κ1) is 23.6. The fourth-order valence-electron chi connectivity index (χ4n) is 4.14. The Hall–Kier alpha value is -3.56. The number of hydrogen-bond acceptors (Lipinski definition) is 7. The van der Waals surface area contributed by atoms with Crippen molar-refractivity contribution in [3.8, 4) is 11.3 Å². The number of rotatable bonds is 5. The van der Waals surface area contributed by atoms with Crippen LogP contribution < -0.4 is 16.4 Å². The van der Waals surface area contributed by atoms with Crippen LogP contribution in [0, 0.1) is 0 Å². The molecular formula is C24H27ClN8O. The Labute approximate surface area is 203 Å². The molecule has 5 rings (SSSR count). The van der Waals surface area contributed by atoms with E-state index in [-0.39, 0.29) is 24.4 Å². The van der Waals surface area contributed by atoms with Crippen molar-refractivity contribution in [2.75, 3.05) is 24.1 Å². The molecule has 1 amide bonds. The first-order valence-electron chi connectivity index (χ1n) is 11.1. The van der Waals surface area contributed by atoms with Gasteiger partial charge in [-0.1, -0.05) is 26.0 Å². The smallest absolute Gasteiger partial charge is 0.256 e. The van der Waals surface area contributed by atoms with Crippen molar-refractivity contribution in [1.82, 2.24) is 30.0 Å². The van der Waals surface area contributed by atoms with E-state index in [0.717, 1.165) is 41.7 Å². The van der Waals surface area contributed by atoms with Gasteiger partial charge in [0.25, 0.3) is 5.91 Å². The first-order chi connectivity index (χ1) is 16.0. The van der Waals surface area contributed by atoms with Crippen molar-refractivity contribution < 1.29 is 4.79 Å². The molecule has 1 saturated heterocycles. The number of fused-ring (bicyclic) bond motifs is 1. The lowest BCUT2D eigenvalue weighted by Crippen LogP contribution is -2.15. The van der Waals surface area contributed by atoms with Crippen molar-refractivity contribution >= 4 is 41.0 Å².